The predicted octanol–water partition coefficient (Wildman–Crippen LogP) is 3.15. The lowest BCUT2D eigenvalue weighted by molar-refractivity contribution is 0.484. The Hall–Kier alpha value is -0.890. The number of hydrogen-bond donors (Lipinski definition) is 1. The van der Waals surface area contributed by atoms with Gasteiger partial charge in [-0.1, -0.05) is 25.1 Å². The second-order valence-electron chi connectivity index (χ2n) is 4.73. The van der Waals surface area contributed by atoms with E-state index in [1.54, 1.807) is 12.1 Å². The molecule has 2 heteroatoms. The van der Waals surface area contributed by atoms with Crippen LogP contribution < -0.4 is 5.32 Å². The first-order valence-corrected chi connectivity index (χ1v) is 6.26. The highest BCUT2D eigenvalue weighted by molar-refractivity contribution is 5.18. The highest BCUT2D eigenvalue weighted by Gasteiger charge is 2.24. The van der Waals surface area contributed by atoms with Crippen LogP contribution in [0.2, 0.25) is 0 Å². The molecule has 1 aromatic carbocycles. The number of nitrogens with one attached hydrogen (secondary N) is 1. The van der Waals surface area contributed by atoms with Crippen LogP contribution >= 0.6 is 0 Å². The molecule has 0 heterocycles. The summed E-state index contributed by atoms with van der Waals surface area (Å²) < 4.78 is 13.5. The molecule has 1 aliphatic rings. The van der Waals surface area contributed by atoms with Crippen LogP contribution in [0, 0.1) is 11.7 Å². The fourth-order valence-electron chi connectivity index (χ4n) is 2.71. The summed E-state index contributed by atoms with van der Waals surface area (Å²) in [6.07, 6.45) is 4.57. The van der Waals surface area contributed by atoms with Crippen LogP contribution in [0.4, 0.5) is 4.39 Å². The summed E-state index contributed by atoms with van der Waals surface area (Å²) in [5, 5.41) is 3.48. The minimum absolute atomic E-state index is 0.0469. The van der Waals surface area contributed by atoms with Crippen molar-refractivity contribution in [1.82, 2.24) is 5.32 Å². The fourth-order valence-corrected chi connectivity index (χ4v) is 2.71. The molecule has 2 rings (SSSR count). The van der Waals surface area contributed by atoms with Gasteiger partial charge in [0.2, 0.25) is 0 Å². The molecule has 16 heavy (non-hydrogen) atoms. The number of halogens is 1. The Bertz CT molecular complexity index is 337. The summed E-state index contributed by atoms with van der Waals surface area (Å²) in [4.78, 5) is 0. The first-order valence-electron chi connectivity index (χ1n) is 6.26. The van der Waals surface area contributed by atoms with Gasteiger partial charge in [-0.3, -0.25) is 0 Å². The molecule has 0 saturated heterocycles. The van der Waals surface area contributed by atoms with Gasteiger partial charge in [0.1, 0.15) is 5.82 Å². The quantitative estimate of drug-likeness (QED) is 0.823. The molecule has 0 aliphatic heterocycles. The number of benzene rings is 1. The second kappa shape index (κ2) is 5.44. The molecule has 1 saturated carbocycles. The van der Waals surface area contributed by atoms with Crippen molar-refractivity contribution in [1.29, 1.82) is 0 Å². The largest absolute Gasteiger partial charge is 0.314 e. The van der Waals surface area contributed by atoms with Gasteiger partial charge in [0.25, 0.3) is 0 Å². The summed E-state index contributed by atoms with van der Waals surface area (Å²) in [6.45, 7) is 3.18. The Morgan fingerprint density at radius 1 is 1.31 bits per heavy atom. The lowest BCUT2D eigenvalue weighted by Crippen LogP contribution is -2.25. The van der Waals surface area contributed by atoms with E-state index in [1.807, 2.05) is 12.1 Å². The molecule has 2 unspecified atom stereocenters. The van der Waals surface area contributed by atoms with Gasteiger partial charge in [0.05, 0.1) is 0 Å². The van der Waals surface area contributed by atoms with Crippen molar-refractivity contribution in [2.24, 2.45) is 5.92 Å². The number of hydrogen-bond acceptors (Lipinski definition) is 1. The highest BCUT2D eigenvalue weighted by Crippen LogP contribution is 2.29. The Kier molecular flexibility index (Phi) is 3.94. The van der Waals surface area contributed by atoms with E-state index in [1.165, 1.54) is 19.3 Å². The van der Waals surface area contributed by atoms with Crippen LogP contribution in [0.25, 0.3) is 0 Å². The van der Waals surface area contributed by atoms with Crippen LogP contribution in [0.3, 0.4) is 0 Å². The molecule has 1 N–H and O–H groups in total. The zero-order valence-corrected chi connectivity index (χ0v) is 9.88. The van der Waals surface area contributed by atoms with Gasteiger partial charge >= 0.3 is 0 Å². The lowest BCUT2D eigenvalue weighted by Gasteiger charge is -2.12. The van der Waals surface area contributed by atoms with Crippen molar-refractivity contribution in [3.8, 4) is 0 Å². The second-order valence-corrected chi connectivity index (χ2v) is 4.73. The molecule has 0 amide bonds. The molecule has 0 aromatic heterocycles. The van der Waals surface area contributed by atoms with Crippen molar-refractivity contribution in [3.05, 3.63) is 35.6 Å². The van der Waals surface area contributed by atoms with Crippen LogP contribution in [0.5, 0.6) is 0 Å². The SMILES string of the molecule is CCNC1CCC(Cc2ccccc2F)C1. The molecule has 0 bridgehead atoms. The van der Waals surface area contributed by atoms with Gasteiger partial charge in [-0.15, -0.1) is 0 Å². The van der Waals surface area contributed by atoms with Gasteiger partial charge < -0.3 is 5.32 Å². The van der Waals surface area contributed by atoms with Gasteiger partial charge in [-0.2, -0.15) is 0 Å². The fraction of sp³-hybridized carbons (Fsp3) is 0.571. The van der Waals surface area contributed by atoms with E-state index in [9.17, 15) is 4.39 Å². The van der Waals surface area contributed by atoms with E-state index < -0.39 is 0 Å². The summed E-state index contributed by atoms with van der Waals surface area (Å²) in [6, 6.07) is 7.81. The highest BCUT2D eigenvalue weighted by atomic mass is 19.1. The van der Waals surface area contributed by atoms with E-state index in [2.05, 4.69) is 12.2 Å². The summed E-state index contributed by atoms with van der Waals surface area (Å²) in [5.41, 5.74) is 0.879. The van der Waals surface area contributed by atoms with Crippen LogP contribution in [-0.4, -0.2) is 12.6 Å². The van der Waals surface area contributed by atoms with Crippen LogP contribution in [0.15, 0.2) is 24.3 Å². The molecule has 0 spiro atoms. The first kappa shape index (κ1) is 11.6. The third kappa shape index (κ3) is 2.82. The van der Waals surface area contributed by atoms with Crippen molar-refractivity contribution >= 4 is 0 Å². The van der Waals surface area contributed by atoms with Gasteiger partial charge in [-0.25, -0.2) is 4.39 Å². The maximum atomic E-state index is 13.5. The molecule has 1 fully saturated rings. The summed E-state index contributed by atoms with van der Waals surface area (Å²) in [5.74, 6) is 0.607. The van der Waals surface area contributed by atoms with E-state index in [4.69, 9.17) is 0 Å². The Morgan fingerprint density at radius 2 is 2.12 bits per heavy atom. The van der Waals surface area contributed by atoms with E-state index in [0.717, 1.165) is 18.5 Å². The monoisotopic (exact) mass is 221 g/mol. The zero-order valence-electron chi connectivity index (χ0n) is 9.88. The molecule has 1 aliphatic carbocycles. The standard InChI is InChI=1S/C14H20FN/c1-2-16-13-8-7-11(10-13)9-12-5-3-4-6-14(12)15/h3-6,11,13,16H,2,7-10H2,1H3. The molecule has 1 aromatic rings. The third-order valence-electron chi connectivity index (χ3n) is 3.50. The van der Waals surface area contributed by atoms with Crippen molar-refractivity contribution < 1.29 is 4.39 Å². The summed E-state index contributed by atoms with van der Waals surface area (Å²) in [7, 11) is 0. The Labute approximate surface area is 97.1 Å². The van der Waals surface area contributed by atoms with Crippen molar-refractivity contribution in [3.63, 3.8) is 0 Å². The molecule has 0 radical (unpaired) electrons. The minimum atomic E-state index is -0.0469. The smallest absolute Gasteiger partial charge is 0.126 e. The molecular weight excluding hydrogens is 201 g/mol. The average molecular weight is 221 g/mol. The molecular formula is C14H20FN. The first-order chi connectivity index (χ1) is 7.79. The minimum Gasteiger partial charge on any atom is -0.314 e. The van der Waals surface area contributed by atoms with Crippen molar-refractivity contribution in [2.75, 3.05) is 6.54 Å². The maximum absolute atomic E-state index is 13.5. The normalized spacial score (nSPS) is 24.9. The zero-order chi connectivity index (χ0) is 11.4. The van der Waals surface area contributed by atoms with Gasteiger partial charge in [0.15, 0.2) is 0 Å². The Morgan fingerprint density at radius 3 is 2.88 bits per heavy atom. The van der Waals surface area contributed by atoms with Crippen LogP contribution in [0.1, 0.15) is 31.7 Å². The number of rotatable bonds is 4. The average Bonchev–Trinajstić information content (AvgIpc) is 2.70. The van der Waals surface area contributed by atoms with Gasteiger partial charge in [-0.05, 0) is 49.8 Å². The van der Waals surface area contributed by atoms with Crippen molar-refractivity contribution in [2.45, 2.75) is 38.6 Å². The Balaban J connectivity index is 1.90. The topological polar surface area (TPSA) is 12.0 Å². The lowest BCUT2D eigenvalue weighted by atomic mass is 9.97. The molecule has 2 atom stereocenters. The predicted molar refractivity (Wildman–Crippen MR) is 64.9 cm³/mol. The van der Waals surface area contributed by atoms with E-state index in [0.29, 0.717) is 12.0 Å². The van der Waals surface area contributed by atoms with Gasteiger partial charge in [0, 0.05) is 6.04 Å². The molecule has 88 valence electrons. The maximum Gasteiger partial charge on any atom is 0.126 e. The van der Waals surface area contributed by atoms with E-state index >= 15 is 0 Å². The summed E-state index contributed by atoms with van der Waals surface area (Å²) >= 11 is 0. The third-order valence-corrected chi connectivity index (χ3v) is 3.50. The van der Waals surface area contributed by atoms with E-state index in [-0.39, 0.29) is 5.82 Å². The van der Waals surface area contributed by atoms with Crippen LogP contribution in [-0.2, 0) is 6.42 Å². The molecule has 1 nitrogen and oxygen atoms in total.